The molecule has 0 aromatic heterocycles. The van der Waals surface area contributed by atoms with Gasteiger partial charge >= 0.3 is 0 Å². The predicted octanol–water partition coefficient (Wildman–Crippen LogP) is 0.520. The molecule has 1 aromatic rings. The second-order valence-corrected chi connectivity index (χ2v) is 5.26. The number of amides is 1. The maximum Gasteiger partial charge on any atom is 0.253 e. The number of methoxy groups -OCH3 is 1. The molecule has 0 aliphatic carbocycles. The minimum Gasteiger partial charge on any atom is -0.493 e. The van der Waals surface area contributed by atoms with Gasteiger partial charge in [0.1, 0.15) is 6.61 Å². The molecule has 0 radical (unpaired) electrons. The van der Waals surface area contributed by atoms with Crippen LogP contribution in [0.5, 0.6) is 11.5 Å². The first kappa shape index (κ1) is 17.5. The van der Waals surface area contributed by atoms with Crippen LogP contribution in [0.3, 0.4) is 0 Å². The Hall–Kier alpha value is -1.83. The molecule has 1 aliphatic rings. The third kappa shape index (κ3) is 4.82. The van der Waals surface area contributed by atoms with Crippen LogP contribution in [-0.2, 0) is 9.47 Å². The topological polar surface area (TPSA) is 83.2 Å². The van der Waals surface area contributed by atoms with E-state index in [9.17, 15) is 4.79 Å². The van der Waals surface area contributed by atoms with Gasteiger partial charge in [-0.3, -0.25) is 4.79 Å². The van der Waals surface area contributed by atoms with Gasteiger partial charge in [0.2, 0.25) is 0 Å². The van der Waals surface area contributed by atoms with Crippen LogP contribution in [-0.4, -0.2) is 70.6 Å². The highest BCUT2D eigenvalue weighted by atomic mass is 16.6. The van der Waals surface area contributed by atoms with Crippen LogP contribution in [0.15, 0.2) is 18.2 Å². The lowest BCUT2D eigenvalue weighted by Crippen LogP contribution is -2.40. The molecular weight excluding hydrogens is 300 g/mol. The van der Waals surface area contributed by atoms with E-state index >= 15 is 0 Å². The number of carbonyl (C=O) groups is 1. The molecule has 1 heterocycles. The van der Waals surface area contributed by atoms with Gasteiger partial charge in [-0.25, -0.2) is 0 Å². The molecule has 1 aromatic carbocycles. The van der Waals surface area contributed by atoms with Crippen LogP contribution in [0.4, 0.5) is 0 Å². The monoisotopic (exact) mass is 324 g/mol. The van der Waals surface area contributed by atoms with Crippen LogP contribution in [0.25, 0.3) is 0 Å². The standard InChI is InChI=1S/C16H24N2O5/c1-18(10-13-11-21-7-8-22-13)16(19)12-3-4-14(20-2)15(9-12)23-6-5-17/h3-4,9,13H,5-8,10-11,17H2,1-2H3. The average molecular weight is 324 g/mol. The number of hydrogen-bond acceptors (Lipinski definition) is 6. The largest absolute Gasteiger partial charge is 0.493 e. The van der Waals surface area contributed by atoms with E-state index in [1.54, 1.807) is 37.3 Å². The molecule has 1 fully saturated rings. The normalized spacial score (nSPS) is 17.6. The number of rotatable bonds is 7. The number of hydrogen-bond donors (Lipinski definition) is 1. The van der Waals surface area contributed by atoms with Crippen LogP contribution < -0.4 is 15.2 Å². The van der Waals surface area contributed by atoms with Crippen molar-refractivity contribution in [3.8, 4) is 11.5 Å². The third-order valence-electron chi connectivity index (χ3n) is 3.50. The van der Waals surface area contributed by atoms with Crippen molar-refractivity contribution in [1.29, 1.82) is 0 Å². The molecule has 2 rings (SSSR count). The van der Waals surface area contributed by atoms with Crippen molar-refractivity contribution < 1.29 is 23.7 Å². The molecule has 1 atom stereocenters. The smallest absolute Gasteiger partial charge is 0.253 e. The van der Waals surface area contributed by atoms with Crippen LogP contribution in [0.2, 0.25) is 0 Å². The molecule has 7 nitrogen and oxygen atoms in total. The highest BCUT2D eigenvalue weighted by molar-refractivity contribution is 5.94. The molecule has 0 spiro atoms. The van der Waals surface area contributed by atoms with Crippen molar-refractivity contribution in [2.45, 2.75) is 6.10 Å². The lowest BCUT2D eigenvalue weighted by atomic mass is 10.1. The summed E-state index contributed by atoms with van der Waals surface area (Å²) < 4.78 is 21.7. The maximum absolute atomic E-state index is 12.6. The Bertz CT molecular complexity index is 517. The van der Waals surface area contributed by atoms with Crippen molar-refractivity contribution >= 4 is 5.91 Å². The minimum atomic E-state index is -0.112. The Morgan fingerprint density at radius 2 is 2.22 bits per heavy atom. The summed E-state index contributed by atoms with van der Waals surface area (Å²) in [6.07, 6.45) is -0.0936. The maximum atomic E-state index is 12.6. The zero-order valence-corrected chi connectivity index (χ0v) is 13.6. The van der Waals surface area contributed by atoms with Gasteiger partial charge in [-0.2, -0.15) is 0 Å². The summed E-state index contributed by atoms with van der Waals surface area (Å²) >= 11 is 0. The van der Waals surface area contributed by atoms with Crippen LogP contribution >= 0.6 is 0 Å². The van der Waals surface area contributed by atoms with E-state index in [2.05, 4.69) is 0 Å². The molecular formula is C16H24N2O5. The average Bonchev–Trinajstić information content (AvgIpc) is 2.59. The SMILES string of the molecule is COc1ccc(C(=O)N(C)CC2COCCO2)cc1OCCN. The molecule has 1 amide bonds. The number of carbonyl (C=O) groups excluding carboxylic acids is 1. The van der Waals surface area contributed by atoms with E-state index in [0.29, 0.717) is 56.6 Å². The summed E-state index contributed by atoms with van der Waals surface area (Å²) in [6.45, 7) is 2.90. The molecule has 1 unspecified atom stereocenters. The van der Waals surface area contributed by atoms with Gasteiger partial charge in [-0.05, 0) is 18.2 Å². The summed E-state index contributed by atoms with van der Waals surface area (Å²) in [5.41, 5.74) is 5.98. The molecule has 7 heteroatoms. The highest BCUT2D eigenvalue weighted by Gasteiger charge is 2.21. The highest BCUT2D eigenvalue weighted by Crippen LogP contribution is 2.28. The first-order valence-corrected chi connectivity index (χ1v) is 7.61. The lowest BCUT2D eigenvalue weighted by molar-refractivity contribution is -0.0933. The fourth-order valence-electron chi connectivity index (χ4n) is 2.34. The molecule has 23 heavy (non-hydrogen) atoms. The van der Waals surface area contributed by atoms with E-state index in [1.807, 2.05) is 0 Å². The summed E-state index contributed by atoms with van der Waals surface area (Å²) in [5, 5.41) is 0. The third-order valence-corrected chi connectivity index (χ3v) is 3.50. The molecule has 128 valence electrons. The number of ether oxygens (including phenoxy) is 4. The lowest BCUT2D eigenvalue weighted by Gasteiger charge is -2.27. The van der Waals surface area contributed by atoms with Gasteiger partial charge in [-0.15, -0.1) is 0 Å². The molecule has 0 bridgehead atoms. The Balaban J connectivity index is 2.04. The summed E-state index contributed by atoms with van der Waals surface area (Å²) in [6, 6.07) is 5.10. The van der Waals surface area contributed by atoms with E-state index in [1.165, 1.54) is 0 Å². The van der Waals surface area contributed by atoms with E-state index in [0.717, 1.165) is 0 Å². The second kappa shape index (κ2) is 8.71. The van der Waals surface area contributed by atoms with Gasteiger partial charge in [0.05, 0.1) is 33.0 Å². The number of benzene rings is 1. The Morgan fingerprint density at radius 3 is 2.87 bits per heavy atom. The Labute approximate surface area is 136 Å². The van der Waals surface area contributed by atoms with Crippen molar-refractivity contribution in [3.63, 3.8) is 0 Å². The van der Waals surface area contributed by atoms with Crippen molar-refractivity contribution in [2.75, 3.05) is 53.7 Å². The van der Waals surface area contributed by atoms with Gasteiger partial charge < -0.3 is 29.6 Å². The van der Waals surface area contributed by atoms with Gasteiger partial charge in [-0.1, -0.05) is 0 Å². The number of likely N-dealkylation sites (N-methyl/N-ethyl adjacent to an activating group) is 1. The Morgan fingerprint density at radius 1 is 1.39 bits per heavy atom. The van der Waals surface area contributed by atoms with Gasteiger partial charge in [0.25, 0.3) is 5.91 Å². The second-order valence-electron chi connectivity index (χ2n) is 5.26. The van der Waals surface area contributed by atoms with E-state index < -0.39 is 0 Å². The zero-order valence-electron chi connectivity index (χ0n) is 13.6. The molecule has 2 N–H and O–H groups in total. The summed E-state index contributed by atoms with van der Waals surface area (Å²) in [4.78, 5) is 14.2. The number of nitrogens with zero attached hydrogens (tertiary/aromatic N) is 1. The van der Waals surface area contributed by atoms with Gasteiger partial charge in [0.15, 0.2) is 11.5 Å². The fraction of sp³-hybridized carbons (Fsp3) is 0.562. The number of nitrogens with two attached hydrogens (primary N) is 1. The first-order chi connectivity index (χ1) is 11.2. The first-order valence-electron chi connectivity index (χ1n) is 7.61. The summed E-state index contributed by atoms with van der Waals surface area (Å²) in [7, 11) is 3.30. The fourth-order valence-corrected chi connectivity index (χ4v) is 2.34. The van der Waals surface area contributed by atoms with Crippen LogP contribution in [0, 0.1) is 0 Å². The van der Waals surface area contributed by atoms with E-state index in [-0.39, 0.29) is 12.0 Å². The quantitative estimate of drug-likeness (QED) is 0.787. The predicted molar refractivity (Wildman–Crippen MR) is 85.1 cm³/mol. The molecule has 1 aliphatic heterocycles. The van der Waals surface area contributed by atoms with Crippen LogP contribution in [0.1, 0.15) is 10.4 Å². The van der Waals surface area contributed by atoms with Crippen molar-refractivity contribution in [2.24, 2.45) is 5.73 Å². The zero-order chi connectivity index (χ0) is 16.7. The van der Waals surface area contributed by atoms with Crippen molar-refractivity contribution in [3.05, 3.63) is 23.8 Å². The summed E-state index contributed by atoms with van der Waals surface area (Å²) in [5.74, 6) is 0.968. The molecule has 1 saturated heterocycles. The minimum absolute atomic E-state index is 0.0936. The van der Waals surface area contributed by atoms with Crippen molar-refractivity contribution in [1.82, 2.24) is 4.90 Å². The Kier molecular flexibility index (Phi) is 6.64. The van der Waals surface area contributed by atoms with E-state index in [4.69, 9.17) is 24.7 Å². The van der Waals surface area contributed by atoms with Gasteiger partial charge in [0, 0.05) is 25.7 Å². The molecule has 0 saturated carbocycles.